The number of halogens is 1. The van der Waals surface area contributed by atoms with Crippen LogP contribution < -0.4 is 10.1 Å². The van der Waals surface area contributed by atoms with Crippen LogP contribution in [0.15, 0.2) is 66.7 Å². The number of aliphatic hydroxyl groups is 1. The number of allylic oxidation sites excluding steroid dienone is 1. The van der Waals surface area contributed by atoms with Gasteiger partial charge in [-0.1, -0.05) is 36.4 Å². The number of carbonyl (C=O) groups excluding carboxylic acids is 1. The molecule has 1 saturated heterocycles. The first kappa shape index (κ1) is 23.8. The lowest BCUT2D eigenvalue weighted by Crippen LogP contribution is -2.44. The van der Waals surface area contributed by atoms with Crippen LogP contribution >= 0.6 is 0 Å². The molecule has 176 valence electrons. The van der Waals surface area contributed by atoms with E-state index < -0.39 is 11.6 Å². The molecule has 5 nitrogen and oxygen atoms in total. The quantitative estimate of drug-likeness (QED) is 0.403. The smallest absolute Gasteiger partial charge is 0.188 e. The fraction of sp³-hybridized carbons (Fsp3) is 0.250. The number of benzene rings is 3. The summed E-state index contributed by atoms with van der Waals surface area (Å²) in [7, 11) is 3.55. The molecule has 0 spiro atoms. The van der Waals surface area contributed by atoms with Crippen molar-refractivity contribution in [3.63, 3.8) is 0 Å². The van der Waals surface area contributed by atoms with E-state index in [1.807, 2.05) is 30.3 Å². The van der Waals surface area contributed by atoms with Crippen LogP contribution in [-0.4, -0.2) is 49.6 Å². The number of piperazine rings is 1. The van der Waals surface area contributed by atoms with Gasteiger partial charge in [-0.2, -0.15) is 0 Å². The van der Waals surface area contributed by atoms with Crippen LogP contribution in [0, 0.1) is 5.82 Å². The van der Waals surface area contributed by atoms with E-state index in [1.54, 1.807) is 12.1 Å². The fourth-order valence-electron chi connectivity index (χ4n) is 4.28. The zero-order valence-corrected chi connectivity index (χ0v) is 19.4. The lowest BCUT2D eigenvalue weighted by atomic mass is 9.92. The van der Waals surface area contributed by atoms with E-state index >= 15 is 0 Å². The normalized spacial score (nSPS) is 16.6. The predicted molar refractivity (Wildman–Crippen MR) is 132 cm³/mol. The molecule has 0 bridgehead atoms. The monoisotopic (exact) mass is 460 g/mol. The maximum atomic E-state index is 14.4. The van der Waals surface area contributed by atoms with Gasteiger partial charge in [0.05, 0.1) is 19.3 Å². The first-order valence-corrected chi connectivity index (χ1v) is 11.3. The molecule has 0 amide bonds. The number of carbonyl (C=O) groups is 1. The highest BCUT2D eigenvalue weighted by atomic mass is 19.1. The highest BCUT2D eigenvalue weighted by Gasteiger charge is 2.22. The van der Waals surface area contributed by atoms with Gasteiger partial charge in [0.1, 0.15) is 11.6 Å². The van der Waals surface area contributed by atoms with Gasteiger partial charge < -0.3 is 15.2 Å². The molecule has 3 aromatic rings. The summed E-state index contributed by atoms with van der Waals surface area (Å²) in [5.74, 6) is -0.653. The highest BCUT2D eigenvalue weighted by molar-refractivity contribution is 6.07. The lowest BCUT2D eigenvalue weighted by Gasteiger charge is -2.34. The molecule has 3 aromatic carbocycles. The summed E-state index contributed by atoms with van der Waals surface area (Å²) in [6.07, 6.45) is 3.19. The Kier molecular flexibility index (Phi) is 7.53. The molecule has 0 saturated carbocycles. The molecule has 6 heteroatoms. The van der Waals surface area contributed by atoms with Crippen molar-refractivity contribution in [2.75, 3.05) is 33.8 Å². The molecule has 1 aliphatic heterocycles. The van der Waals surface area contributed by atoms with E-state index in [-0.39, 0.29) is 18.2 Å². The number of hydrogen-bond donors (Lipinski definition) is 2. The third-order valence-corrected chi connectivity index (χ3v) is 6.26. The van der Waals surface area contributed by atoms with Crippen LogP contribution in [0.2, 0.25) is 0 Å². The van der Waals surface area contributed by atoms with Gasteiger partial charge in [-0.25, -0.2) is 4.39 Å². The van der Waals surface area contributed by atoms with Gasteiger partial charge in [0.25, 0.3) is 0 Å². The summed E-state index contributed by atoms with van der Waals surface area (Å²) in [6.45, 7) is 2.63. The van der Waals surface area contributed by atoms with E-state index in [9.17, 15) is 14.3 Å². The number of ketones is 1. The Labute approximate surface area is 199 Å². The molecule has 1 aliphatic rings. The zero-order chi connectivity index (χ0) is 24.1. The second-order valence-electron chi connectivity index (χ2n) is 8.45. The van der Waals surface area contributed by atoms with Gasteiger partial charge in [-0.15, -0.1) is 0 Å². The molecular formula is C28H29FN2O3. The van der Waals surface area contributed by atoms with Crippen LogP contribution in [0.3, 0.4) is 0 Å². The Morgan fingerprint density at radius 1 is 1.18 bits per heavy atom. The maximum absolute atomic E-state index is 14.4. The van der Waals surface area contributed by atoms with Crippen molar-refractivity contribution in [3.8, 4) is 16.9 Å². The molecule has 2 N–H and O–H groups in total. The molecule has 4 rings (SSSR count). The minimum absolute atomic E-state index is 0.00172. The van der Waals surface area contributed by atoms with E-state index in [2.05, 4.69) is 29.4 Å². The Morgan fingerprint density at radius 3 is 2.74 bits per heavy atom. The van der Waals surface area contributed by atoms with Gasteiger partial charge >= 0.3 is 0 Å². The SMILES string of the molecule is COc1ccc(C(=O)C=Cc2cc(-c3cccc(CO)c3)ccc2C2CNCCN2C)c(F)c1. The molecule has 0 aromatic heterocycles. The van der Waals surface area contributed by atoms with Gasteiger partial charge in [0, 0.05) is 31.7 Å². The van der Waals surface area contributed by atoms with Crippen molar-refractivity contribution >= 4 is 11.9 Å². The van der Waals surface area contributed by atoms with E-state index in [0.717, 1.165) is 47.5 Å². The molecule has 0 aliphatic carbocycles. The standard InChI is InChI=1S/C28H29FN2O3/c1-31-13-12-30-17-27(31)24-9-6-21(20-5-3-4-19(14-20)18-32)15-22(24)7-11-28(33)25-10-8-23(34-2)16-26(25)29/h3-11,14-16,27,30,32H,12-13,17-18H2,1-2H3. The van der Waals surface area contributed by atoms with Crippen molar-refractivity contribution in [1.29, 1.82) is 0 Å². The molecule has 0 radical (unpaired) electrons. The summed E-state index contributed by atoms with van der Waals surface area (Å²) in [5.41, 5.74) is 4.79. The van der Waals surface area contributed by atoms with Gasteiger partial charge in [0.2, 0.25) is 0 Å². The van der Waals surface area contributed by atoms with Crippen LogP contribution in [-0.2, 0) is 6.61 Å². The summed E-state index contributed by atoms with van der Waals surface area (Å²) in [5, 5.41) is 13.0. The topological polar surface area (TPSA) is 61.8 Å². The second-order valence-corrected chi connectivity index (χ2v) is 8.45. The molecule has 1 heterocycles. The molecule has 34 heavy (non-hydrogen) atoms. The number of rotatable bonds is 7. The summed E-state index contributed by atoms with van der Waals surface area (Å²) < 4.78 is 19.4. The molecular weight excluding hydrogens is 431 g/mol. The highest BCUT2D eigenvalue weighted by Crippen LogP contribution is 2.30. The minimum atomic E-state index is -0.611. The first-order valence-electron chi connectivity index (χ1n) is 11.3. The number of ether oxygens (including phenoxy) is 1. The van der Waals surface area contributed by atoms with Crippen LogP contribution in [0.5, 0.6) is 5.75 Å². The van der Waals surface area contributed by atoms with E-state index in [4.69, 9.17) is 4.74 Å². The van der Waals surface area contributed by atoms with Gasteiger partial charge in [-0.05, 0) is 65.2 Å². The molecule has 1 unspecified atom stereocenters. The summed E-state index contributed by atoms with van der Waals surface area (Å²) in [4.78, 5) is 15.1. The Balaban J connectivity index is 1.72. The van der Waals surface area contributed by atoms with Crippen molar-refractivity contribution in [1.82, 2.24) is 10.2 Å². The third-order valence-electron chi connectivity index (χ3n) is 6.26. The van der Waals surface area contributed by atoms with E-state index in [1.165, 1.54) is 25.3 Å². The average molecular weight is 461 g/mol. The van der Waals surface area contributed by atoms with Crippen molar-refractivity contribution in [2.24, 2.45) is 0 Å². The van der Waals surface area contributed by atoms with Crippen LogP contribution in [0.4, 0.5) is 4.39 Å². The minimum Gasteiger partial charge on any atom is -0.497 e. The Bertz CT molecular complexity index is 1210. The predicted octanol–water partition coefficient (Wildman–Crippen LogP) is 4.47. The van der Waals surface area contributed by atoms with Crippen LogP contribution in [0.25, 0.3) is 17.2 Å². The fourth-order valence-corrected chi connectivity index (χ4v) is 4.28. The average Bonchev–Trinajstić information content (AvgIpc) is 2.87. The number of hydrogen-bond acceptors (Lipinski definition) is 5. The van der Waals surface area contributed by atoms with Crippen molar-refractivity contribution < 1.29 is 19.0 Å². The second kappa shape index (κ2) is 10.7. The number of nitrogens with zero attached hydrogens (tertiary/aromatic N) is 1. The summed E-state index contributed by atoms with van der Waals surface area (Å²) in [6, 6.07) is 18.3. The molecule has 1 fully saturated rings. The van der Waals surface area contributed by atoms with Gasteiger partial charge in [-0.3, -0.25) is 9.69 Å². The van der Waals surface area contributed by atoms with Gasteiger partial charge in [0.15, 0.2) is 5.78 Å². The Morgan fingerprint density at radius 2 is 2.00 bits per heavy atom. The molecule has 1 atom stereocenters. The zero-order valence-electron chi connectivity index (χ0n) is 19.4. The first-order chi connectivity index (χ1) is 16.5. The number of aliphatic hydroxyl groups excluding tert-OH is 1. The lowest BCUT2D eigenvalue weighted by molar-refractivity contribution is 0.104. The van der Waals surface area contributed by atoms with Crippen molar-refractivity contribution in [3.05, 3.63) is 94.8 Å². The largest absolute Gasteiger partial charge is 0.497 e. The number of methoxy groups -OCH3 is 1. The number of likely N-dealkylation sites (N-methyl/N-ethyl adjacent to an activating group) is 1. The third kappa shape index (κ3) is 5.25. The van der Waals surface area contributed by atoms with E-state index in [0.29, 0.717) is 5.75 Å². The maximum Gasteiger partial charge on any atom is 0.188 e. The summed E-state index contributed by atoms with van der Waals surface area (Å²) >= 11 is 0. The van der Waals surface area contributed by atoms with Crippen molar-refractivity contribution in [2.45, 2.75) is 12.6 Å². The number of nitrogens with one attached hydrogen (secondary N) is 1. The Hall–Kier alpha value is -3.32. The van der Waals surface area contributed by atoms with Crippen LogP contribution in [0.1, 0.15) is 33.1 Å².